The second-order valence-electron chi connectivity index (χ2n) is 6.49. The number of hydrogen-bond donors (Lipinski definition) is 1. The number of ether oxygens (including phenoxy) is 1. The Morgan fingerprint density at radius 1 is 1.23 bits per heavy atom. The first-order chi connectivity index (χ1) is 12.6. The number of unbranched alkanes of at least 4 members (excludes halogenated alkanes) is 4. The lowest BCUT2D eigenvalue weighted by molar-refractivity contribution is -0.131. The van der Waals surface area contributed by atoms with Gasteiger partial charge in [-0.2, -0.15) is 0 Å². The van der Waals surface area contributed by atoms with E-state index in [1.54, 1.807) is 6.08 Å². The third-order valence-electron chi connectivity index (χ3n) is 4.40. The van der Waals surface area contributed by atoms with Gasteiger partial charge in [0.2, 0.25) is 0 Å². The van der Waals surface area contributed by atoms with E-state index in [9.17, 15) is 9.90 Å². The van der Waals surface area contributed by atoms with Crippen molar-refractivity contribution in [1.82, 2.24) is 4.98 Å². The number of pyridine rings is 1. The molecule has 0 saturated carbocycles. The average molecular weight is 355 g/mol. The minimum atomic E-state index is -0.810. The zero-order chi connectivity index (χ0) is 18.9. The van der Waals surface area contributed by atoms with Crippen molar-refractivity contribution in [3.63, 3.8) is 0 Å². The third kappa shape index (κ3) is 5.15. The third-order valence-corrected chi connectivity index (χ3v) is 4.40. The van der Waals surface area contributed by atoms with Crippen molar-refractivity contribution in [3.05, 3.63) is 47.7 Å². The molecule has 1 heterocycles. The largest absolute Gasteiger partial charge is 0.426 e. The maximum atomic E-state index is 11.6. The van der Waals surface area contributed by atoms with Crippen molar-refractivity contribution in [1.29, 1.82) is 0 Å². The van der Waals surface area contributed by atoms with E-state index in [2.05, 4.69) is 11.9 Å². The Bertz CT molecular complexity index is 767. The van der Waals surface area contributed by atoms with E-state index in [1.807, 2.05) is 37.3 Å². The van der Waals surface area contributed by atoms with Crippen LogP contribution in [0.4, 0.5) is 0 Å². The highest BCUT2D eigenvalue weighted by atomic mass is 16.5. The molecule has 26 heavy (non-hydrogen) atoms. The molecule has 1 unspecified atom stereocenters. The summed E-state index contributed by atoms with van der Waals surface area (Å²) in [6.45, 7) is 5.56. The fourth-order valence-corrected chi connectivity index (χ4v) is 3.09. The molecule has 0 bridgehead atoms. The van der Waals surface area contributed by atoms with Crippen molar-refractivity contribution >= 4 is 16.9 Å². The van der Waals surface area contributed by atoms with E-state index in [0.717, 1.165) is 23.8 Å². The van der Waals surface area contributed by atoms with Crippen molar-refractivity contribution in [2.24, 2.45) is 0 Å². The maximum absolute atomic E-state index is 11.6. The van der Waals surface area contributed by atoms with Gasteiger partial charge in [0.25, 0.3) is 0 Å². The number of aliphatic hydroxyl groups is 1. The number of rotatable bonds is 9. The first-order valence-electron chi connectivity index (χ1n) is 9.53. The van der Waals surface area contributed by atoms with Gasteiger partial charge < -0.3 is 9.84 Å². The van der Waals surface area contributed by atoms with Crippen LogP contribution in [-0.2, 0) is 11.2 Å². The minimum Gasteiger partial charge on any atom is -0.426 e. The highest BCUT2D eigenvalue weighted by molar-refractivity contribution is 5.89. The molecular formula is C22H29NO3. The van der Waals surface area contributed by atoms with Crippen LogP contribution in [0.2, 0.25) is 0 Å². The molecule has 1 N–H and O–H groups in total. The molecule has 1 aromatic carbocycles. The zero-order valence-corrected chi connectivity index (χ0v) is 16.0. The van der Waals surface area contributed by atoms with Crippen molar-refractivity contribution < 1.29 is 14.6 Å². The average Bonchev–Trinajstić information content (AvgIpc) is 2.63. The van der Waals surface area contributed by atoms with Gasteiger partial charge in [-0.3, -0.25) is 4.79 Å². The molecule has 2 rings (SSSR count). The number of aliphatic hydroxyl groups excluding tert-OH is 1. The molecule has 4 heteroatoms. The lowest BCUT2D eigenvalue weighted by Gasteiger charge is -2.17. The monoisotopic (exact) mass is 355 g/mol. The van der Waals surface area contributed by atoms with E-state index in [0.29, 0.717) is 23.4 Å². The molecule has 2 aromatic rings. The van der Waals surface area contributed by atoms with E-state index in [-0.39, 0.29) is 5.97 Å². The lowest BCUT2D eigenvalue weighted by Crippen LogP contribution is -2.10. The number of hydrogen-bond acceptors (Lipinski definition) is 4. The number of nitrogens with zero attached hydrogens (tertiary/aromatic N) is 1. The summed E-state index contributed by atoms with van der Waals surface area (Å²) in [6, 6.07) is 7.53. The molecule has 0 aliphatic heterocycles. The summed E-state index contributed by atoms with van der Waals surface area (Å²) in [5, 5.41) is 11.5. The topological polar surface area (TPSA) is 59.4 Å². The summed E-state index contributed by atoms with van der Waals surface area (Å²) in [5.74, 6) is 0.138. The van der Waals surface area contributed by atoms with Gasteiger partial charge in [0.05, 0.1) is 11.2 Å². The Labute approximate surface area is 155 Å². The second kappa shape index (κ2) is 10.1. The van der Waals surface area contributed by atoms with Crippen LogP contribution in [0.1, 0.15) is 70.2 Å². The van der Waals surface area contributed by atoms with Crippen LogP contribution < -0.4 is 4.74 Å². The molecule has 0 aliphatic rings. The highest BCUT2D eigenvalue weighted by Gasteiger charge is 2.20. The summed E-state index contributed by atoms with van der Waals surface area (Å²) in [5.41, 5.74) is 2.06. The van der Waals surface area contributed by atoms with Crippen molar-refractivity contribution in [2.75, 3.05) is 0 Å². The van der Waals surface area contributed by atoms with E-state index >= 15 is 0 Å². The molecule has 0 amide bonds. The van der Waals surface area contributed by atoms with E-state index < -0.39 is 6.10 Å². The Morgan fingerprint density at radius 2 is 2.00 bits per heavy atom. The number of allylic oxidation sites excluding steroid dienone is 1. The van der Waals surface area contributed by atoms with Crippen LogP contribution in [0.15, 0.2) is 36.4 Å². The Balaban J connectivity index is 2.33. The van der Waals surface area contributed by atoms with Gasteiger partial charge >= 0.3 is 5.97 Å². The van der Waals surface area contributed by atoms with Gasteiger partial charge in [-0.15, -0.1) is 0 Å². The van der Waals surface area contributed by atoms with Gasteiger partial charge in [-0.1, -0.05) is 57.4 Å². The number of aromatic nitrogens is 1. The fourth-order valence-electron chi connectivity index (χ4n) is 3.09. The van der Waals surface area contributed by atoms with Crippen LogP contribution in [0, 0.1) is 0 Å². The molecule has 140 valence electrons. The highest BCUT2D eigenvalue weighted by Crippen LogP contribution is 2.34. The van der Waals surface area contributed by atoms with Gasteiger partial charge in [-0.25, -0.2) is 4.98 Å². The quantitative estimate of drug-likeness (QED) is 0.377. The van der Waals surface area contributed by atoms with Gasteiger partial charge in [0.15, 0.2) is 0 Å². The fraction of sp³-hybridized carbons (Fsp3) is 0.455. The summed E-state index contributed by atoms with van der Waals surface area (Å²) in [7, 11) is 0. The van der Waals surface area contributed by atoms with Gasteiger partial charge in [0.1, 0.15) is 11.9 Å². The molecule has 0 spiro atoms. The summed E-state index contributed by atoms with van der Waals surface area (Å²) >= 11 is 0. The van der Waals surface area contributed by atoms with Crippen molar-refractivity contribution in [3.8, 4) is 5.75 Å². The number of carbonyl (C=O) groups is 1. The number of esters is 1. The van der Waals surface area contributed by atoms with Crippen LogP contribution >= 0.6 is 0 Å². The number of benzene rings is 1. The molecular weight excluding hydrogens is 326 g/mol. The Kier molecular flexibility index (Phi) is 7.79. The first-order valence-corrected chi connectivity index (χ1v) is 9.53. The Morgan fingerprint density at radius 3 is 2.69 bits per heavy atom. The second-order valence-corrected chi connectivity index (χ2v) is 6.49. The molecule has 0 saturated heterocycles. The number of fused-ring (bicyclic) bond motifs is 1. The molecule has 0 fully saturated rings. The molecule has 0 aliphatic carbocycles. The summed E-state index contributed by atoms with van der Waals surface area (Å²) in [6.07, 6.45) is 9.36. The summed E-state index contributed by atoms with van der Waals surface area (Å²) in [4.78, 5) is 16.2. The lowest BCUT2D eigenvalue weighted by atomic mass is 10.0. The zero-order valence-electron chi connectivity index (χ0n) is 16.0. The predicted molar refractivity (Wildman–Crippen MR) is 105 cm³/mol. The van der Waals surface area contributed by atoms with Crippen LogP contribution in [0.25, 0.3) is 10.9 Å². The van der Waals surface area contributed by atoms with Crippen LogP contribution in [0.3, 0.4) is 0 Å². The van der Waals surface area contributed by atoms with E-state index in [4.69, 9.17) is 4.74 Å². The molecule has 1 atom stereocenters. The normalized spacial score (nSPS) is 12.6. The maximum Gasteiger partial charge on any atom is 0.308 e. The van der Waals surface area contributed by atoms with Crippen molar-refractivity contribution in [2.45, 2.75) is 65.4 Å². The number of carbonyl (C=O) groups excluding carboxylic acids is 1. The van der Waals surface area contributed by atoms with Crippen LogP contribution in [-0.4, -0.2) is 16.1 Å². The predicted octanol–water partition coefficient (Wildman–Crippen LogP) is 5.28. The smallest absolute Gasteiger partial charge is 0.308 e. The summed E-state index contributed by atoms with van der Waals surface area (Å²) < 4.78 is 5.50. The van der Waals surface area contributed by atoms with Gasteiger partial charge in [0, 0.05) is 17.9 Å². The molecule has 1 aromatic heterocycles. The minimum absolute atomic E-state index is 0.372. The first kappa shape index (κ1) is 20.1. The SMILES string of the molecule is CCCCCCC=CC(O)c1nc2ccccc2c(OC(C)=O)c1CC. The molecule has 0 radical (unpaired) electrons. The standard InChI is InChI=1S/C22H29NO3/c1-4-6-7-8-9-10-15-20(25)21-17(5-2)22(26-16(3)24)18-13-11-12-14-19(18)23-21/h10-15,20,25H,4-9H2,1-3H3. The van der Waals surface area contributed by atoms with Gasteiger partial charge in [-0.05, 0) is 31.4 Å². The number of para-hydroxylation sites is 1. The van der Waals surface area contributed by atoms with Crippen LogP contribution in [0.5, 0.6) is 5.75 Å². The van der Waals surface area contributed by atoms with E-state index in [1.165, 1.54) is 26.2 Å². The Hall–Kier alpha value is -2.20. The molecule has 4 nitrogen and oxygen atoms in total.